The van der Waals surface area contributed by atoms with Crippen molar-refractivity contribution in [3.63, 3.8) is 0 Å². The third-order valence-corrected chi connectivity index (χ3v) is 7.04. The van der Waals surface area contributed by atoms with E-state index in [-0.39, 0.29) is 17.4 Å². The minimum absolute atomic E-state index is 0.0256. The molecule has 3 nitrogen and oxygen atoms in total. The molecule has 0 saturated heterocycles. The zero-order chi connectivity index (χ0) is 22.4. The fourth-order valence-corrected chi connectivity index (χ4v) is 5.29. The molecule has 3 heteroatoms. The molecule has 0 bridgehead atoms. The van der Waals surface area contributed by atoms with E-state index in [1.807, 2.05) is 0 Å². The summed E-state index contributed by atoms with van der Waals surface area (Å²) in [5, 5.41) is 9.46. The molecule has 0 radical (unpaired) electrons. The highest BCUT2D eigenvalue weighted by atomic mass is 16.3. The average molecular weight is 416 g/mol. The van der Waals surface area contributed by atoms with Gasteiger partial charge in [-0.25, -0.2) is 0 Å². The molecule has 0 atom stereocenters. The largest absolute Gasteiger partial charge is 0.396 e. The zero-order valence-electron chi connectivity index (χ0n) is 19.7. The normalized spacial score (nSPS) is 20.1. The smallest absolute Gasteiger partial charge is 0.209 e. The van der Waals surface area contributed by atoms with Crippen molar-refractivity contribution in [2.24, 2.45) is 0 Å². The summed E-state index contributed by atoms with van der Waals surface area (Å²) in [6.07, 6.45) is 7.50. The lowest BCUT2D eigenvalue weighted by molar-refractivity contribution is -0.401. The number of rotatable bonds is 5. The van der Waals surface area contributed by atoms with Crippen molar-refractivity contribution in [2.45, 2.75) is 51.9 Å². The molecule has 2 aliphatic heterocycles. The molecule has 0 amide bonds. The van der Waals surface area contributed by atoms with Gasteiger partial charge in [0, 0.05) is 47.7 Å². The van der Waals surface area contributed by atoms with Gasteiger partial charge in [-0.1, -0.05) is 55.8 Å². The molecule has 0 fully saturated rings. The molecule has 2 aromatic rings. The number of aryl methyl sites for hydroxylation is 1. The summed E-state index contributed by atoms with van der Waals surface area (Å²) >= 11 is 0. The maximum Gasteiger partial charge on any atom is 0.209 e. The van der Waals surface area contributed by atoms with Crippen LogP contribution in [-0.4, -0.2) is 35.6 Å². The maximum atomic E-state index is 9.46. The first kappa shape index (κ1) is 21.6. The number of hydrogen-bond acceptors (Lipinski definition) is 2. The number of nitrogens with zero attached hydrogens (tertiary/aromatic N) is 2. The van der Waals surface area contributed by atoms with Gasteiger partial charge in [0.2, 0.25) is 5.69 Å². The number of hydrogen-bond donors (Lipinski definition) is 1. The summed E-state index contributed by atoms with van der Waals surface area (Å²) in [4.78, 5) is 2.39. The zero-order valence-corrected chi connectivity index (χ0v) is 19.7. The van der Waals surface area contributed by atoms with Crippen molar-refractivity contribution in [2.75, 3.05) is 25.1 Å². The lowest BCUT2D eigenvalue weighted by Gasteiger charge is -2.26. The summed E-state index contributed by atoms with van der Waals surface area (Å²) in [7, 11) is 2.16. The van der Waals surface area contributed by atoms with Crippen LogP contribution < -0.4 is 4.90 Å². The van der Waals surface area contributed by atoms with Gasteiger partial charge in [0.25, 0.3) is 0 Å². The van der Waals surface area contributed by atoms with E-state index in [2.05, 4.69) is 112 Å². The minimum Gasteiger partial charge on any atom is -0.396 e. The quantitative estimate of drug-likeness (QED) is 0.642. The van der Waals surface area contributed by atoms with E-state index in [1.54, 1.807) is 0 Å². The van der Waals surface area contributed by atoms with E-state index >= 15 is 0 Å². The number of fused-ring (bicyclic) bond motifs is 2. The van der Waals surface area contributed by atoms with Crippen LogP contribution in [0.3, 0.4) is 0 Å². The lowest BCUT2D eigenvalue weighted by atomic mass is 9.81. The Morgan fingerprint density at radius 1 is 1.00 bits per heavy atom. The Hall–Kier alpha value is -2.65. The molecule has 2 heterocycles. The highest BCUT2D eigenvalue weighted by Gasteiger charge is 2.43. The third kappa shape index (κ3) is 3.45. The molecule has 1 N–H and O–H groups in total. The van der Waals surface area contributed by atoms with Crippen molar-refractivity contribution in [1.82, 2.24) is 0 Å². The van der Waals surface area contributed by atoms with Crippen LogP contribution in [0.25, 0.3) is 0 Å². The summed E-state index contributed by atoms with van der Waals surface area (Å²) in [6.45, 7) is 12.4. The van der Waals surface area contributed by atoms with Crippen LogP contribution >= 0.6 is 0 Å². The monoisotopic (exact) mass is 415 g/mol. The second-order valence-corrected chi connectivity index (χ2v) is 9.87. The highest BCUT2D eigenvalue weighted by molar-refractivity contribution is 6.03. The third-order valence-electron chi connectivity index (χ3n) is 7.04. The Bertz CT molecular complexity index is 1100. The van der Waals surface area contributed by atoms with Gasteiger partial charge in [0.1, 0.15) is 7.05 Å². The number of benzene rings is 2. The number of para-hydroxylation sites is 1. The molecular formula is C28H35N2O+. The molecule has 31 heavy (non-hydrogen) atoms. The Kier molecular flexibility index (Phi) is 5.43. The number of aliphatic hydroxyl groups excluding tert-OH is 1. The van der Waals surface area contributed by atoms with Crippen LogP contribution in [0, 0.1) is 6.92 Å². The van der Waals surface area contributed by atoms with Crippen LogP contribution in [-0.2, 0) is 10.8 Å². The molecule has 0 saturated carbocycles. The van der Waals surface area contributed by atoms with Crippen LogP contribution in [0.4, 0.5) is 11.4 Å². The van der Waals surface area contributed by atoms with Crippen LogP contribution in [0.2, 0.25) is 0 Å². The summed E-state index contributed by atoms with van der Waals surface area (Å²) in [5.74, 6) is 0. The fraction of sp³-hybridized carbons (Fsp3) is 0.393. The molecule has 4 rings (SSSR count). The van der Waals surface area contributed by atoms with Gasteiger partial charge in [-0.2, -0.15) is 4.58 Å². The molecular weight excluding hydrogens is 380 g/mol. The Balaban J connectivity index is 1.73. The van der Waals surface area contributed by atoms with Gasteiger partial charge < -0.3 is 10.0 Å². The van der Waals surface area contributed by atoms with Crippen molar-refractivity contribution < 1.29 is 9.68 Å². The predicted molar refractivity (Wildman–Crippen MR) is 131 cm³/mol. The Labute approximate surface area is 187 Å². The number of anilines is 1. The highest BCUT2D eigenvalue weighted by Crippen LogP contribution is 2.48. The summed E-state index contributed by atoms with van der Waals surface area (Å²) in [5.41, 5.74) is 9.06. The number of aliphatic hydroxyl groups is 1. The second kappa shape index (κ2) is 7.80. The standard InChI is InChI=1S/C28H35N2O/c1-20-15-16-24-22(19-20)28(4,5)26(30(24)17-10-18-31)14-9-13-25-27(2,3)21-11-7-8-12-23(21)29(25)6/h7-9,11-16,19,31H,10,17-18H2,1-6H3/q+1. The van der Waals surface area contributed by atoms with Crippen LogP contribution in [0.1, 0.15) is 50.8 Å². The van der Waals surface area contributed by atoms with E-state index in [4.69, 9.17) is 0 Å². The van der Waals surface area contributed by atoms with Crippen molar-refractivity contribution >= 4 is 17.1 Å². The minimum atomic E-state index is -0.0775. The predicted octanol–water partition coefficient (Wildman–Crippen LogP) is 5.62. The van der Waals surface area contributed by atoms with Gasteiger partial charge in [-0.05, 0) is 44.9 Å². The Morgan fingerprint density at radius 3 is 2.45 bits per heavy atom. The molecule has 162 valence electrons. The van der Waals surface area contributed by atoms with E-state index in [9.17, 15) is 5.11 Å². The maximum absolute atomic E-state index is 9.46. The van der Waals surface area contributed by atoms with Crippen molar-refractivity contribution in [3.05, 3.63) is 83.1 Å². The molecule has 2 aromatic carbocycles. The first-order chi connectivity index (χ1) is 14.7. The van der Waals surface area contributed by atoms with Gasteiger partial charge in [-0.15, -0.1) is 0 Å². The summed E-state index contributed by atoms with van der Waals surface area (Å²) in [6, 6.07) is 15.4. The molecule has 0 spiro atoms. The second-order valence-electron chi connectivity index (χ2n) is 9.87. The van der Waals surface area contributed by atoms with Crippen LogP contribution in [0.15, 0.2) is 66.4 Å². The molecule has 0 aromatic heterocycles. The van der Waals surface area contributed by atoms with Crippen molar-refractivity contribution in [1.29, 1.82) is 0 Å². The summed E-state index contributed by atoms with van der Waals surface area (Å²) < 4.78 is 2.31. The van der Waals surface area contributed by atoms with Crippen LogP contribution in [0.5, 0.6) is 0 Å². The fourth-order valence-electron chi connectivity index (χ4n) is 5.29. The van der Waals surface area contributed by atoms with E-state index in [0.717, 1.165) is 13.0 Å². The molecule has 0 unspecified atom stereocenters. The lowest BCUT2D eigenvalue weighted by Crippen LogP contribution is -2.28. The first-order valence-corrected chi connectivity index (χ1v) is 11.3. The van der Waals surface area contributed by atoms with Crippen molar-refractivity contribution in [3.8, 4) is 0 Å². The van der Waals surface area contributed by atoms with E-state index < -0.39 is 0 Å². The van der Waals surface area contributed by atoms with Gasteiger partial charge in [0.15, 0.2) is 5.71 Å². The van der Waals surface area contributed by atoms with E-state index in [0.29, 0.717) is 0 Å². The van der Waals surface area contributed by atoms with Gasteiger partial charge >= 0.3 is 0 Å². The SMILES string of the molecule is Cc1ccc2c(c1)C(C)(C)C(=CC=CC1=[N+](C)c3ccccc3C1(C)C)N2CCCO. The first-order valence-electron chi connectivity index (χ1n) is 11.3. The molecule has 2 aliphatic rings. The van der Waals surface area contributed by atoms with Gasteiger partial charge in [-0.3, -0.25) is 0 Å². The van der Waals surface area contributed by atoms with E-state index in [1.165, 1.54) is 39.5 Å². The average Bonchev–Trinajstić information content (AvgIpc) is 3.06. The number of allylic oxidation sites excluding steroid dienone is 4. The molecule has 0 aliphatic carbocycles. The van der Waals surface area contributed by atoms with Gasteiger partial charge in [0.05, 0.1) is 5.41 Å². The Morgan fingerprint density at radius 2 is 1.74 bits per heavy atom. The topological polar surface area (TPSA) is 26.5 Å².